The summed E-state index contributed by atoms with van der Waals surface area (Å²) in [5.41, 5.74) is 3.20. The summed E-state index contributed by atoms with van der Waals surface area (Å²) in [6.07, 6.45) is 10.5. The van der Waals surface area contributed by atoms with Crippen molar-refractivity contribution in [2.75, 3.05) is 12.4 Å². The maximum atomic E-state index is 13.6. The minimum Gasteiger partial charge on any atom is -0.495 e. The van der Waals surface area contributed by atoms with Crippen LogP contribution in [-0.2, 0) is 6.42 Å². The number of aromatic nitrogens is 3. The highest BCUT2D eigenvalue weighted by atomic mass is 19.1. The van der Waals surface area contributed by atoms with E-state index >= 15 is 0 Å². The Labute approximate surface area is 162 Å². The van der Waals surface area contributed by atoms with Crippen molar-refractivity contribution in [3.8, 4) is 5.75 Å². The molecule has 0 amide bonds. The zero-order valence-corrected chi connectivity index (χ0v) is 15.8. The van der Waals surface area contributed by atoms with E-state index in [1.807, 2.05) is 29.7 Å². The van der Waals surface area contributed by atoms with Gasteiger partial charge < -0.3 is 14.6 Å². The maximum Gasteiger partial charge on any atom is 0.274 e. The van der Waals surface area contributed by atoms with Gasteiger partial charge in [0.25, 0.3) is 5.56 Å². The summed E-state index contributed by atoms with van der Waals surface area (Å²) in [7, 11) is 1.58. The van der Waals surface area contributed by atoms with Crippen LogP contribution < -0.4 is 15.6 Å². The second-order valence-electron chi connectivity index (χ2n) is 6.87. The third kappa shape index (κ3) is 3.47. The van der Waals surface area contributed by atoms with Crippen LogP contribution in [0.1, 0.15) is 30.3 Å². The van der Waals surface area contributed by atoms with E-state index in [1.54, 1.807) is 19.4 Å². The molecule has 7 heteroatoms. The molecular formula is C21H21FN4O2. The summed E-state index contributed by atoms with van der Waals surface area (Å²) in [6.45, 7) is 1.87. The number of hydrogen-bond acceptors (Lipinski definition) is 5. The molecule has 1 aliphatic carbocycles. The Morgan fingerprint density at radius 2 is 2.18 bits per heavy atom. The van der Waals surface area contributed by atoms with Crippen molar-refractivity contribution >= 4 is 11.6 Å². The van der Waals surface area contributed by atoms with E-state index in [0.29, 0.717) is 18.1 Å². The van der Waals surface area contributed by atoms with Gasteiger partial charge in [-0.1, -0.05) is 12.2 Å². The lowest BCUT2D eigenvalue weighted by atomic mass is 10.0. The molecule has 0 aromatic carbocycles. The van der Waals surface area contributed by atoms with Crippen LogP contribution in [0.25, 0.3) is 0 Å². The van der Waals surface area contributed by atoms with Crippen molar-refractivity contribution in [3.05, 3.63) is 75.8 Å². The van der Waals surface area contributed by atoms with E-state index < -0.39 is 0 Å². The number of methoxy groups -OCH3 is 1. The first kappa shape index (κ1) is 18.2. The Kier molecular flexibility index (Phi) is 4.81. The summed E-state index contributed by atoms with van der Waals surface area (Å²) in [5, 5.41) is 3.26. The number of rotatable bonds is 4. The van der Waals surface area contributed by atoms with Crippen LogP contribution >= 0.6 is 0 Å². The summed E-state index contributed by atoms with van der Waals surface area (Å²) in [6, 6.07) is 3.41. The van der Waals surface area contributed by atoms with Gasteiger partial charge in [0.2, 0.25) is 5.95 Å². The van der Waals surface area contributed by atoms with E-state index in [1.165, 1.54) is 12.2 Å². The quantitative estimate of drug-likeness (QED) is 0.871. The lowest BCUT2D eigenvalue weighted by molar-refractivity contribution is 0.413. The number of aryl methyl sites for hydroxylation is 2. The van der Waals surface area contributed by atoms with Gasteiger partial charge in [0.05, 0.1) is 30.7 Å². The van der Waals surface area contributed by atoms with Crippen LogP contribution in [-0.4, -0.2) is 21.6 Å². The average molecular weight is 380 g/mol. The zero-order chi connectivity index (χ0) is 19.7. The van der Waals surface area contributed by atoms with Crippen molar-refractivity contribution in [2.45, 2.75) is 32.2 Å². The zero-order valence-electron chi connectivity index (χ0n) is 15.8. The summed E-state index contributed by atoms with van der Waals surface area (Å²) >= 11 is 0. The summed E-state index contributed by atoms with van der Waals surface area (Å²) in [5.74, 6) is 0.811. The van der Waals surface area contributed by atoms with Gasteiger partial charge in [0, 0.05) is 17.8 Å². The molecule has 4 rings (SSSR count). The molecule has 2 aliphatic rings. The summed E-state index contributed by atoms with van der Waals surface area (Å²) in [4.78, 5) is 20.7. The van der Waals surface area contributed by atoms with E-state index in [9.17, 15) is 9.18 Å². The lowest BCUT2D eigenvalue weighted by Crippen LogP contribution is -2.20. The van der Waals surface area contributed by atoms with Gasteiger partial charge >= 0.3 is 0 Å². The van der Waals surface area contributed by atoms with Crippen LogP contribution in [0.3, 0.4) is 0 Å². The van der Waals surface area contributed by atoms with Crippen LogP contribution in [0.5, 0.6) is 5.75 Å². The van der Waals surface area contributed by atoms with Gasteiger partial charge in [-0.2, -0.15) is 4.98 Å². The molecule has 1 unspecified atom stereocenters. The average Bonchev–Trinajstić information content (AvgIpc) is 2.98. The van der Waals surface area contributed by atoms with E-state index in [2.05, 4.69) is 15.3 Å². The Hall–Kier alpha value is -3.22. The highest BCUT2D eigenvalue weighted by molar-refractivity contribution is 5.59. The number of pyridine rings is 1. The Bertz CT molecular complexity index is 1070. The molecule has 0 radical (unpaired) electrons. The third-order valence-electron chi connectivity index (χ3n) is 5.09. The molecule has 0 saturated carbocycles. The standard InChI is InChI=1S/C21H21FN4O2/c1-13-18(11-17(28-2)12-23-13)24-21-25-20(27)10-16-8-9-19(26(16)21)14-4-3-5-15(22)7-6-14/h3,5-7,10-12,19H,4,8-9H2,1-2H3,(H,24,25,27). The highest BCUT2D eigenvalue weighted by Gasteiger charge is 2.28. The minimum atomic E-state index is -0.288. The van der Waals surface area contributed by atoms with Crippen LogP contribution in [0.4, 0.5) is 16.0 Å². The van der Waals surface area contributed by atoms with Gasteiger partial charge in [-0.15, -0.1) is 0 Å². The second kappa shape index (κ2) is 7.42. The molecule has 0 spiro atoms. The third-order valence-corrected chi connectivity index (χ3v) is 5.09. The fourth-order valence-corrected chi connectivity index (χ4v) is 3.67. The van der Waals surface area contributed by atoms with E-state index in [0.717, 1.165) is 35.5 Å². The number of nitrogens with zero attached hydrogens (tertiary/aromatic N) is 3. The minimum absolute atomic E-state index is 0.0104. The molecule has 0 saturated heterocycles. The highest BCUT2D eigenvalue weighted by Crippen LogP contribution is 2.37. The number of ether oxygens (including phenoxy) is 1. The molecule has 144 valence electrons. The largest absolute Gasteiger partial charge is 0.495 e. The molecule has 0 bridgehead atoms. The van der Waals surface area contributed by atoms with Gasteiger partial charge in [0.1, 0.15) is 11.6 Å². The Balaban J connectivity index is 1.77. The molecule has 2 aromatic heterocycles. The second-order valence-corrected chi connectivity index (χ2v) is 6.87. The monoisotopic (exact) mass is 380 g/mol. The van der Waals surface area contributed by atoms with Crippen molar-refractivity contribution in [1.29, 1.82) is 0 Å². The predicted octanol–water partition coefficient (Wildman–Crippen LogP) is 3.93. The molecule has 3 heterocycles. The maximum absolute atomic E-state index is 13.6. The molecule has 2 aromatic rings. The Morgan fingerprint density at radius 3 is 3.00 bits per heavy atom. The fourth-order valence-electron chi connectivity index (χ4n) is 3.67. The number of allylic oxidation sites excluding steroid dienone is 6. The molecule has 0 fully saturated rings. The van der Waals surface area contributed by atoms with Gasteiger partial charge in [-0.3, -0.25) is 9.78 Å². The lowest BCUT2D eigenvalue weighted by Gasteiger charge is -2.22. The van der Waals surface area contributed by atoms with Gasteiger partial charge in [-0.25, -0.2) is 4.39 Å². The topological polar surface area (TPSA) is 69.0 Å². The van der Waals surface area contributed by atoms with Crippen molar-refractivity contribution < 1.29 is 9.13 Å². The number of anilines is 2. The number of halogens is 1. The van der Waals surface area contributed by atoms with Crippen LogP contribution in [0.2, 0.25) is 0 Å². The smallest absolute Gasteiger partial charge is 0.274 e. The molecular weight excluding hydrogens is 359 g/mol. The van der Waals surface area contributed by atoms with Crippen LogP contribution in [0, 0.1) is 6.92 Å². The van der Waals surface area contributed by atoms with Crippen molar-refractivity contribution in [2.24, 2.45) is 0 Å². The van der Waals surface area contributed by atoms with E-state index in [-0.39, 0.29) is 17.4 Å². The predicted molar refractivity (Wildman–Crippen MR) is 106 cm³/mol. The fraction of sp³-hybridized carbons (Fsp3) is 0.286. The van der Waals surface area contributed by atoms with Gasteiger partial charge in [0.15, 0.2) is 0 Å². The van der Waals surface area contributed by atoms with Crippen molar-refractivity contribution in [1.82, 2.24) is 14.5 Å². The number of fused-ring (bicyclic) bond motifs is 1. The molecule has 1 N–H and O–H groups in total. The first-order valence-corrected chi connectivity index (χ1v) is 9.18. The molecule has 1 aliphatic heterocycles. The van der Waals surface area contributed by atoms with Gasteiger partial charge in [-0.05, 0) is 43.9 Å². The molecule has 1 atom stereocenters. The SMILES string of the molecule is COc1cnc(C)c(Nc2nc(=O)cc3n2C(C2=CC=C(F)C=CC2)CC3)c1. The first-order chi connectivity index (χ1) is 13.5. The van der Waals surface area contributed by atoms with Crippen molar-refractivity contribution in [3.63, 3.8) is 0 Å². The van der Waals surface area contributed by atoms with E-state index in [4.69, 9.17) is 4.74 Å². The summed E-state index contributed by atoms with van der Waals surface area (Å²) < 4.78 is 20.9. The molecule has 6 nitrogen and oxygen atoms in total. The Morgan fingerprint density at radius 1 is 1.32 bits per heavy atom. The van der Waals surface area contributed by atoms with Crippen LogP contribution in [0.15, 0.2) is 58.8 Å². The number of nitrogens with one attached hydrogen (secondary N) is 1. The first-order valence-electron chi connectivity index (χ1n) is 9.18. The number of hydrogen-bond donors (Lipinski definition) is 1. The molecule has 28 heavy (non-hydrogen) atoms. The normalized spacial score (nSPS) is 18.2.